The van der Waals surface area contributed by atoms with Crippen LogP contribution in [-0.2, 0) is 16.1 Å². The minimum Gasteiger partial charge on any atom is -0.480 e. The van der Waals surface area contributed by atoms with Crippen LogP contribution in [0, 0.1) is 0 Å². The molecule has 1 amide bonds. The van der Waals surface area contributed by atoms with Crippen LogP contribution in [0.15, 0.2) is 30.3 Å². The number of amides is 1. The summed E-state index contributed by atoms with van der Waals surface area (Å²) in [6.45, 7) is 1.49. The average Bonchev–Trinajstić information content (AvgIpc) is 2.27. The quantitative estimate of drug-likeness (QED) is 0.865. The van der Waals surface area contributed by atoms with Crippen molar-refractivity contribution in [3.8, 4) is 0 Å². The molecule has 1 atom stereocenters. The Bertz CT molecular complexity index is 369. The molecule has 1 aromatic rings. The second-order valence-electron chi connectivity index (χ2n) is 3.27. The number of alkyl carbamates (subject to hydrolysis) is 1. The lowest BCUT2D eigenvalue weighted by Gasteiger charge is -2.09. The van der Waals surface area contributed by atoms with Crippen molar-refractivity contribution in [2.45, 2.75) is 19.6 Å². The first-order valence-corrected chi connectivity index (χ1v) is 4.79. The topological polar surface area (TPSA) is 75.6 Å². The Hall–Kier alpha value is -1.75. The van der Waals surface area contributed by atoms with Gasteiger partial charge >= 0.3 is 12.1 Å². The van der Waals surface area contributed by atoms with Crippen LogP contribution in [0.1, 0.15) is 12.5 Å². The molecule has 0 aliphatic heterocycles. The Morgan fingerprint density at radius 1 is 1.35 bits per heavy atom. The summed E-state index contributed by atoms with van der Waals surface area (Å²) in [5.74, 6) is -1.10. The number of ether oxygens (including phenoxy) is 1. The van der Waals surface area contributed by atoms with Crippen molar-refractivity contribution in [3.05, 3.63) is 35.9 Å². The lowest BCUT2D eigenvalue weighted by Crippen LogP contribution is -2.38. The molecule has 6 heteroatoms. The zero-order valence-electron chi connectivity index (χ0n) is 9.25. The van der Waals surface area contributed by atoms with Crippen LogP contribution in [-0.4, -0.2) is 23.2 Å². The molecule has 94 valence electrons. The van der Waals surface area contributed by atoms with Gasteiger partial charge in [-0.25, -0.2) is 4.79 Å². The number of hydrogen-bond donors (Lipinski definition) is 2. The number of carboxylic acid groups (broad SMARTS) is 1. The highest BCUT2D eigenvalue weighted by Gasteiger charge is 2.14. The second-order valence-corrected chi connectivity index (χ2v) is 3.27. The standard InChI is InChI=1S/C11H13NO4.ClH/c1-8(10(13)14)12-11(15)16-7-9-5-3-2-4-6-9;/h2-6,8H,7H2,1H3,(H,12,15)(H,13,14);1H. The monoisotopic (exact) mass is 259 g/mol. The van der Waals surface area contributed by atoms with E-state index in [2.05, 4.69) is 5.32 Å². The van der Waals surface area contributed by atoms with E-state index in [0.717, 1.165) is 5.56 Å². The molecular weight excluding hydrogens is 246 g/mol. The molecule has 0 saturated heterocycles. The molecule has 0 heterocycles. The summed E-state index contributed by atoms with van der Waals surface area (Å²) in [5, 5.41) is 10.7. The van der Waals surface area contributed by atoms with Crippen molar-refractivity contribution in [2.75, 3.05) is 0 Å². The maximum absolute atomic E-state index is 11.1. The van der Waals surface area contributed by atoms with E-state index in [1.165, 1.54) is 6.92 Å². The molecule has 1 aromatic carbocycles. The minimum absolute atomic E-state index is 0. The Labute approximate surface area is 105 Å². The average molecular weight is 260 g/mol. The maximum Gasteiger partial charge on any atom is 0.408 e. The van der Waals surface area contributed by atoms with E-state index in [9.17, 15) is 9.59 Å². The first kappa shape index (κ1) is 15.2. The van der Waals surface area contributed by atoms with Gasteiger partial charge in [0.2, 0.25) is 0 Å². The largest absolute Gasteiger partial charge is 0.480 e. The Morgan fingerprint density at radius 2 is 1.94 bits per heavy atom. The van der Waals surface area contributed by atoms with Crippen LogP contribution in [0.2, 0.25) is 0 Å². The van der Waals surface area contributed by atoms with Crippen LogP contribution >= 0.6 is 12.4 Å². The summed E-state index contributed by atoms with van der Waals surface area (Å²) in [5.41, 5.74) is 0.848. The van der Waals surface area contributed by atoms with Crippen molar-refractivity contribution in [3.63, 3.8) is 0 Å². The zero-order chi connectivity index (χ0) is 12.0. The molecule has 0 fully saturated rings. The third kappa shape index (κ3) is 5.77. The zero-order valence-corrected chi connectivity index (χ0v) is 10.1. The highest BCUT2D eigenvalue weighted by molar-refractivity contribution is 5.85. The summed E-state index contributed by atoms with van der Waals surface area (Å²) < 4.78 is 4.84. The van der Waals surface area contributed by atoms with Gasteiger partial charge in [0, 0.05) is 0 Å². The predicted molar refractivity (Wildman–Crippen MR) is 64.1 cm³/mol. The summed E-state index contributed by atoms with van der Waals surface area (Å²) in [6.07, 6.45) is -0.737. The van der Waals surface area contributed by atoms with Gasteiger partial charge in [0.15, 0.2) is 0 Å². The summed E-state index contributed by atoms with van der Waals surface area (Å²) >= 11 is 0. The van der Waals surface area contributed by atoms with Gasteiger partial charge in [-0.3, -0.25) is 4.79 Å². The molecule has 0 saturated carbocycles. The molecule has 0 bridgehead atoms. The SMILES string of the molecule is CC(NC(=O)OCc1ccccc1)C(=O)O.Cl. The number of aliphatic carboxylic acids is 1. The number of halogens is 1. The highest BCUT2D eigenvalue weighted by atomic mass is 35.5. The van der Waals surface area contributed by atoms with E-state index in [1.807, 2.05) is 30.3 Å². The van der Waals surface area contributed by atoms with Crippen molar-refractivity contribution < 1.29 is 19.4 Å². The molecule has 0 radical (unpaired) electrons. The molecule has 0 aliphatic carbocycles. The Kier molecular flexibility index (Phi) is 6.74. The van der Waals surface area contributed by atoms with E-state index >= 15 is 0 Å². The summed E-state index contributed by atoms with van der Waals surface area (Å²) in [7, 11) is 0. The normalized spacial score (nSPS) is 10.9. The van der Waals surface area contributed by atoms with E-state index in [0.29, 0.717) is 0 Å². The van der Waals surface area contributed by atoms with Crippen LogP contribution in [0.25, 0.3) is 0 Å². The highest BCUT2D eigenvalue weighted by Crippen LogP contribution is 2.00. The first-order chi connectivity index (χ1) is 7.59. The maximum atomic E-state index is 11.1. The van der Waals surface area contributed by atoms with Gasteiger partial charge < -0.3 is 15.2 Å². The van der Waals surface area contributed by atoms with E-state index < -0.39 is 18.1 Å². The first-order valence-electron chi connectivity index (χ1n) is 4.79. The molecule has 0 aliphatic rings. The van der Waals surface area contributed by atoms with Gasteiger partial charge in [-0.2, -0.15) is 0 Å². The van der Waals surface area contributed by atoms with Crippen LogP contribution in [0.4, 0.5) is 4.79 Å². The van der Waals surface area contributed by atoms with Gasteiger partial charge in [-0.05, 0) is 12.5 Å². The molecule has 0 aromatic heterocycles. The molecule has 17 heavy (non-hydrogen) atoms. The predicted octanol–water partition coefficient (Wildman–Crippen LogP) is 1.81. The van der Waals surface area contributed by atoms with Gasteiger partial charge in [0.05, 0.1) is 0 Å². The fourth-order valence-corrected chi connectivity index (χ4v) is 1.00. The number of carbonyl (C=O) groups is 2. The lowest BCUT2D eigenvalue weighted by molar-refractivity contribution is -0.138. The summed E-state index contributed by atoms with van der Waals surface area (Å²) in [4.78, 5) is 21.6. The van der Waals surface area contributed by atoms with Gasteiger partial charge in [-0.15, -0.1) is 12.4 Å². The van der Waals surface area contributed by atoms with E-state index in [-0.39, 0.29) is 19.0 Å². The number of hydrogen-bond acceptors (Lipinski definition) is 3. The Balaban J connectivity index is 0.00000256. The minimum atomic E-state index is -1.10. The molecular formula is C11H14ClNO4. The van der Waals surface area contributed by atoms with Crippen molar-refractivity contribution in [1.82, 2.24) is 5.32 Å². The third-order valence-electron chi connectivity index (χ3n) is 1.92. The van der Waals surface area contributed by atoms with Crippen LogP contribution < -0.4 is 5.32 Å². The van der Waals surface area contributed by atoms with Crippen molar-refractivity contribution >= 4 is 24.5 Å². The fourth-order valence-electron chi connectivity index (χ4n) is 1.00. The van der Waals surface area contributed by atoms with Crippen molar-refractivity contribution in [1.29, 1.82) is 0 Å². The smallest absolute Gasteiger partial charge is 0.408 e. The van der Waals surface area contributed by atoms with Crippen molar-refractivity contribution in [2.24, 2.45) is 0 Å². The summed E-state index contributed by atoms with van der Waals surface area (Å²) in [6, 6.07) is 8.19. The van der Waals surface area contributed by atoms with Crippen LogP contribution in [0.5, 0.6) is 0 Å². The molecule has 2 N–H and O–H groups in total. The fraction of sp³-hybridized carbons (Fsp3) is 0.273. The van der Waals surface area contributed by atoms with Crippen LogP contribution in [0.3, 0.4) is 0 Å². The number of carboxylic acids is 1. The van der Waals surface area contributed by atoms with E-state index in [1.54, 1.807) is 0 Å². The van der Waals surface area contributed by atoms with E-state index in [4.69, 9.17) is 9.84 Å². The molecule has 0 spiro atoms. The van der Waals surface area contributed by atoms with Gasteiger partial charge in [-0.1, -0.05) is 30.3 Å². The third-order valence-corrected chi connectivity index (χ3v) is 1.92. The molecule has 5 nitrogen and oxygen atoms in total. The number of benzene rings is 1. The lowest BCUT2D eigenvalue weighted by atomic mass is 10.2. The molecule has 1 unspecified atom stereocenters. The number of rotatable bonds is 4. The van der Waals surface area contributed by atoms with Gasteiger partial charge in [0.25, 0.3) is 0 Å². The van der Waals surface area contributed by atoms with Gasteiger partial charge in [0.1, 0.15) is 12.6 Å². The number of carbonyl (C=O) groups excluding carboxylic acids is 1. The Morgan fingerprint density at radius 3 is 2.47 bits per heavy atom. The molecule has 1 rings (SSSR count). The number of nitrogens with one attached hydrogen (secondary N) is 1. The second kappa shape index (κ2) is 7.51.